The molecule has 2 bridgehead atoms. The van der Waals surface area contributed by atoms with Crippen LogP contribution in [0.4, 0.5) is 0 Å². The minimum atomic E-state index is 0.143. The minimum absolute atomic E-state index is 0.143. The van der Waals surface area contributed by atoms with Gasteiger partial charge in [0.25, 0.3) is 5.91 Å². The van der Waals surface area contributed by atoms with E-state index >= 15 is 0 Å². The van der Waals surface area contributed by atoms with Crippen LogP contribution in [0, 0.1) is 0 Å². The maximum atomic E-state index is 13.1. The average molecular weight is 325 g/mol. The van der Waals surface area contributed by atoms with Gasteiger partial charge in [0.15, 0.2) is 0 Å². The van der Waals surface area contributed by atoms with Crippen LogP contribution in [0.1, 0.15) is 43.0 Å². The zero-order valence-corrected chi connectivity index (χ0v) is 14.5. The van der Waals surface area contributed by atoms with Crippen LogP contribution in [-0.2, 0) is 7.05 Å². The molecule has 2 aliphatic rings. The van der Waals surface area contributed by atoms with Crippen molar-refractivity contribution in [2.75, 3.05) is 7.11 Å². The van der Waals surface area contributed by atoms with Gasteiger partial charge in [0.05, 0.1) is 18.0 Å². The summed E-state index contributed by atoms with van der Waals surface area (Å²) in [7, 11) is 3.49. The number of carbonyl (C=O) groups is 1. The molecule has 5 heteroatoms. The van der Waals surface area contributed by atoms with Crippen molar-refractivity contribution in [3.63, 3.8) is 0 Å². The molecule has 2 unspecified atom stereocenters. The van der Waals surface area contributed by atoms with Crippen molar-refractivity contribution in [2.24, 2.45) is 7.05 Å². The lowest BCUT2D eigenvalue weighted by Gasteiger charge is -2.36. The van der Waals surface area contributed by atoms with Crippen molar-refractivity contribution >= 4 is 16.8 Å². The van der Waals surface area contributed by atoms with E-state index in [9.17, 15) is 4.79 Å². The summed E-state index contributed by atoms with van der Waals surface area (Å²) in [6.07, 6.45) is 6.51. The number of methoxy groups -OCH3 is 1. The van der Waals surface area contributed by atoms with E-state index in [-0.39, 0.29) is 5.91 Å². The Bertz CT molecular complexity index is 820. The molecule has 2 aromatic rings. The predicted molar refractivity (Wildman–Crippen MR) is 93.2 cm³/mol. The molecule has 1 aromatic carbocycles. The van der Waals surface area contributed by atoms with Crippen LogP contribution in [0.3, 0.4) is 0 Å². The highest BCUT2D eigenvalue weighted by Gasteiger charge is 2.41. The van der Waals surface area contributed by atoms with E-state index < -0.39 is 0 Å². The monoisotopic (exact) mass is 325 g/mol. The topological polar surface area (TPSA) is 47.4 Å². The number of allylic oxidation sites excluding steroid dienone is 1. The second-order valence-corrected chi connectivity index (χ2v) is 6.82. The largest absolute Gasteiger partial charge is 0.481 e. The van der Waals surface area contributed by atoms with Gasteiger partial charge < -0.3 is 9.64 Å². The highest BCUT2D eigenvalue weighted by Crippen LogP contribution is 2.39. The first-order valence-electron chi connectivity index (χ1n) is 8.60. The van der Waals surface area contributed by atoms with E-state index in [0.717, 1.165) is 48.0 Å². The van der Waals surface area contributed by atoms with Gasteiger partial charge in [-0.1, -0.05) is 11.6 Å². The Kier molecular flexibility index (Phi) is 3.59. The third kappa shape index (κ3) is 2.22. The summed E-state index contributed by atoms with van der Waals surface area (Å²) < 4.78 is 7.09. The van der Waals surface area contributed by atoms with Crippen LogP contribution >= 0.6 is 0 Å². The lowest BCUT2D eigenvalue weighted by Crippen LogP contribution is -2.44. The standard InChI is InChI=1S/C19H23N3O2/c1-4-12-9-14-6-7-15(10-12)22(14)18(23)13-5-8-16-17(11-13)20-21(2)19(16)24-3/h4-5,8,11,14-15H,6-7,9-10H2,1-3H3. The number of nitrogens with zero attached hydrogens (tertiary/aromatic N) is 3. The fourth-order valence-corrected chi connectivity index (χ4v) is 4.32. The molecule has 4 rings (SSSR count). The second-order valence-electron chi connectivity index (χ2n) is 6.82. The van der Waals surface area contributed by atoms with E-state index in [1.807, 2.05) is 25.2 Å². The van der Waals surface area contributed by atoms with E-state index in [1.165, 1.54) is 5.57 Å². The van der Waals surface area contributed by atoms with Crippen LogP contribution in [0.2, 0.25) is 0 Å². The summed E-state index contributed by atoms with van der Waals surface area (Å²) in [6.45, 7) is 2.11. The molecular formula is C19H23N3O2. The Balaban J connectivity index is 1.67. The molecular weight excluding hydrogens is 302 g/mol. The van der Waals surface area contributed by atoms with E-state index in [4.69, 9.17) is 4.74 Å². The van der Waals surface area contributed by atoms with Crippen molar-refractivity contribution in [3.05, 3.63) is 35.4 Å². The number of fused-ring (bicyclic) bond motifs is 3. The molecule has 0 radical (unpaired) electrons. The number of aryl methyl sites for hydroxylation is 1. The second kappa shape index (κ2) is 5.65. The smallest absolute Gasteiger partial charge is 0.254 e. The van der Waals surface area contributed by atoms with E-state index in [2.05, 4.69) is 23.0 Å². The molecule has 0 spiro atoms. The Morgan fingerprint density at radius 1 is 1.29 bits per heavy atom. The predicted octanol–water partition coefficient (Wildman–Crippen LogP) is 3.30. The Morgan fingerprint density at radius 3 is 2.62 bits per heavy atom. The number of piperidine rings is 1. The summed E-state index contributed by atoms with van der Waals surface area (Å²) in [6, 6.07) is 6.45. The molecule has 2 saturated heterocycles. The molecule has 0 aliphatic carbocycles. The molecule has 126 valence electrons. The van der Waals surface area contributed by atoms with Crippen molar-refractivity contribution in [1.82, 2.24) is 14.7 Å². The number of rotatable bonds is 2. The van der Waals surface area contributed by atoms with Crippen LogP contribution < -0.4 is 4.74 Å². The number of carbonyl (C=O) groups excluding carboxylic acids is 1. The summed E-state index contributed by atoms with van der Waals surface area (Å²) >= 11 is 0. The van der Waals surface area contributed by atoms with E-state index in [1.54, 1.807) is 11.8 Å². The van der Waals surface area contributed by atoms with Gasteiger partial charge in [0.2, 0.25) is 5.88 Å². The van der Waals surface area contributed by atoms with Gasteiger partial charge in [-0.05, 0) is 50.8 Å². The van der Waals surface area contributed by atoms with Crippen LogP contribution in [0.25, 0.3) is 10.9 Å². The summed E-state index contributed by atoms with van der Waals surface area (Å²) in [5, 5.41) is 5.40. The van der Waals surface area contributed by atoms with E-state index in [0.29, 0.717) is 12.1 Å². The molecule has 2 aliphatic heterocycles. The van der Waals surface area contributed by atoms with Gasteiger partial charge in [-0.25, -0.2) is 4.68 Å². The zero-order chi connectivity index (χ0) is 16.8. The number of amides is 1. The van der Waals surface area contributed by atoms with Gasteiger partial charge >= 0.3 is 0 Å². The normalized spacial score (nSPS) is 23.0. The third-order valence-electron chi connectivity index (χ3n) is 5.48. The van der Waals surface area contributed by atoms with Crippen molar-refractivity contribution < 1.29 is 9.53 Å². The van der Waals surface area contributed by atoms with Crippen molar-refractivity contribution in [3.8, 4) is 5.88 Å². The van der Waals surface area contributed by atoms with Crippen molar-refractivity contribution in [2.45, 2.75) is 44.7 Å². The molecule has 2 atom stereocenters. The maximum absolute atomic E-state index is 13.1. The third-order valence-corrected chi connectivity index (χ3v) is 5.48. The number of hydrogen-bond acceptors (Lipinski definition) is 3. The Labute approximate surface area is 141 Å². The minimum Gasteiger partial charge on any atom is -0.481 e. The fourth-order valence-electron chi connectivity index (χ4n) is 4.32. The highest BCUT2D eigenvalue weighted by atomic mass is 16.5. The molecule has 24 heavy (non-hydrogen) atoms. The average Bonchev–Trinajstić information content (AvgIpc) is 3.05. The zero-order valence-electron chi connectivity index (χ0n) is 14.5. The fraction of sp³-hybridized carbons (Fsp3) is 0.474. The number of hydrogen-bond donors (Lipinski definition) is 0. The molecule has 0 N–H and O–H groups in total. The first-order valence-corrected chi connectivity index (χ1v) is 8.60. The SMILES string of the molecule is CC=C1CC2CCC(C1)N2C(=O)c1ccc2c(OC)n(C)nc2c1. The number of aromatic nitrogens is 2. The lowest BCUT2D eigenvalue weighted by molar-refractivity contribution is 0.0634. The molecule has 1 amide bonds. The Hall–Kier alpha value is -2.30. The summed E-state index contributed by atoms with van der Waals surface area (Å²) in [4.78, 5) is 15.2. The molecule has 5 nitrogen and oxygen atoms in total. The van der Waals surface area contributed by atoms with Crippen LogP contribution in [0.5, 0.6) is 5.88 Å². The molecule has 3 heterocycles. The van der Waals surface area contributed by atoms with Crippen molar-refractivity contribution in [1.29, 1.82) is 0 Å². The quantitative estimate of drug-likeness (QED) is 0.796. The highest BCUT2D eigenvalue weighted by molar-refractivity contribution is 5.99. The molecule has 0 saturated carbocycles. The molecule has 2 fully saturated rings. The van der Waals surface area contributed by atoms with Gasteiger partial charge in [-0.3, -0.25) is 4.79 Å². The number of benzene rings is 1. The summed E-state index contributed by atoms with van der Waals surface area (Å²) in [5.41, 5.74) is 3.03. The Morgan fingerprint density at radius 2 is 2.00 bits per heavy atom. The first kappa shape index (κ1) is 15.2. The lowest BCUT2D eigenvalue weighted by atomic mass is 9.95. The molecule has 1 aromatic heterocycles. The van der Waals surface area contributed by atoms with Gasteiger partial charge in [-0.2, -0.15) is 5.10 Å². The van der Waals surface area contributed by atoms with Gasteiger partial charge in [-0.15, -0.1) is 0 Å². The van der Waals surface area contributed by atoms with Gasteiger partial charge in [0.1, 0.15) is 0 Å². The van der Waals surface area contributed by atoms with Crippen LogP contribution in [-0.4, -0.2) is 39.8 Å². The maximum Gasteiger partial charge on any atom is 0.254 e. The van der Waals surface area contributed by atoms with Gasteiger partial charge in [0, 0.05) is 24.7 Å². The summed E-state index contributed by atoms with van der Waals surface area (Å²) in [5.74, 6) is 0.865. The van der Waals surface area contributed by atoms with Crippen LogP contribution in [0.15, 0.2) is 29.8 Å². The number of ether oxygens (including phenoxy) is 1. The first-order chi connectivity index (χ1) is 11.6.